The highest BCUT2D eigenvalue weighted by atomic mass is 35.7. The number of hydrogen-bond donors (Lipinski definition) is 0. The van der Waals surface area contributed by atoms with Gasteiger partial charge in [0.2, 0.25) is 4.21 Å². The summed E-state index contributed by atoms with van der Waals surface area (Å²) in [6.07, 6.45) is 0.204. The largest absolute Gasteiger partial charge is 0.593 e. The first-order valence-electron chi connectivity index (χ1n) is 3.37. The van der Waals surface area contributed by atoms with Crippen molar-refractivity contribution in [2.45, 2.75) is 10.6 Å². The van der Waals surface area contributed by atoms with Crippen LogP contribution in [0.3, 0.4) is 0 Å². The third-order valence-electron chi connectivity index (χ3n) is 1.34. The van der Waals surface area contributed by atoms with Gasteiger partial charge in [0.1, 0.15) is 10.4 Å². The van der Waals surface area contributed by atoms with Crippen LogP contribution in [0, 0.1) is 0 Å². The monoisotopic (exact) mass is 238 g/mol. The highest BCUT2D eigenvalue weighted by Crippen LogP contribution is 2.25. The third kappa shape index (κ3) is 3.19. The zero-order valence-electron chi connectivity index (χ0n) is 6.78. The summed E-state index contributed by atoms with van der Waals surface area (Å²) in [5.74, 6) is -0.311. The molecule has 0 saturated heterocycles. The van der Waals surface area contributed by atoms with Crippen LogP contribution in [-0.2, 0) is 26.3 Å². The normalized spacial score (nSPS) is 12.5. The molecule has 13 heavy (non-hydrogen) atoms. The number of hydrogen-bond acceptors (Lipinski definition) is 4. The van der Waals surface area contributed by atoms with Crippen LogP contribution in [-0.4, -0.2) is 17.6 Å². The number of methoxy groups -OCH3 is 1. The van der Waals surface area contributed by atoms with Gasteiger partial charge in [-0.1, -0.05) is 11.3 Å². The number of thiophene rings is 1. The van der Waals surface area contributed by atoms with E-state index < -0.39 is 10.4 Å². The van der Waals surface area contributed by atoms with Gasteiger partial charge in [-0.05, 0) is 6.07 Å². The molecule has 0 aliphatic carbocycles. The van der Waals surface area contributed by atoms with E-state index in [9.17, 15) is 9.35 Å². The Bertz CT molecular complexity index is 298. The van der Waals surface area contributed by atoms with Crippen molar-refractivity contribution in [1.82, 2.24) is 0 Å². The van der Waals surface area contributed by atoms with Crippen molar-refractivity contribution in [3.05, 3.63) is 17.0 Å². The van der Waals surface area contributed by atoms with Crippen molar-refractivity contribution in [3.8, 4) is 0 Å². The molecule has 0 N–H and O–H groups in total. The van der Waals surface area contributed by atoms with E-state index in [1.54, 1.807) is 12.1 Å². The van der Waals surface area contributed by atoms with E-state index in [2.05, 4.69) is 4.74 Å². The molecule has 1 rings (SSSR count). The smallest absolute Gasteiger partial charge is 0.310 e. The van der Waals surface area contributed by atoms with Gasteiger partial charge in [0.25, 0.3) is 0 Å². The molecule has 0 amide bonds. The molecule has 6 heteroatoms. The molecule has 3 nitrogen and oxygen atoms in total. The van der Waals surface area contributed by atoms with Gasteiger partial charge in [-0.3, -0.25) is 4.79 Å². The minimum absolute atomic E-state index is 0.204. The van der Waals surface area contributed by atoms with Crippen LogP contribution in [0.5, 0.6) is 0 Å². The van der Waals surface area contributed by atoms with Crippen LogP contribution in [0.1, 0.15) is 4.88 Å². The number of halogens is 1. The van der Waals surface area contributed by atoms with Crippen LogP contribution in [0.2, 0.25) is 0 Å². The van der Waals surface area contributed by atoms with E-state index in [1.807, 2.05) is 0 Å². The lowest BCUT2D eigenvalue weighted by molar-refractivity contribution is -0.139. The average molecular weight is 239 g/mol. The molecule has 0 saturated carbocycles. The molecular formula is C7H7ClO3S2. The summed E-state index contributed by atoms with van der Waals surface area (Å²) in [5.41, 5.74) is 0. The quantitative estimate of drug-likeness (QED) is 0.595. The van der Waals surface area contributed by atoms with Crippen LogP contribution < -0.4 is 0 Å². The van der Waals surface area contributed by atoms with Gasteiger partial charge >= 0.3 is 5.97 Å². The van der Waals surface area contributed by atoms with E-state index in [-0.39, 0.29) is 12.4 Å². The lowest BCUT2D eigenvalue weighted by atomic mass is 10.3. The highest BCUT2D eigenvalue weighted by molar-refractivity contribution is 8.15. The first-order valence-corrected chi connectivity index (χ1v) is 6.16. The lowest BCUT2D eigenvalue weighted by Crippen LogP contribution is -2.02. The van der Waals surface area contributed by atoms with Crippen molar-refractivity contribution >= 4 is 38.4 Å². The van der Waals surface area contributed by atoms with Crippen LogP contribution in [0.15, 0.2) is 16.3 Å². The van der Waals surface area contributed by atoms with Crippen molar-refractivity contribution in [3.63, 3.8) is 0 Å². The zero-order chi connectivity index (χ0) is 9.84. The predicted octanol–water partition coefficient (Wildman–Crippen LogP) is 1.73. The molecule has 0 aliphatic rings. The second kappa shape index (κ2) is 4.85. The number of carbonyl (C=O) groups is 1. The van der Waals surface area contributed by atoms with Gasteiger partial charge in [0, 0.05) is 10.9 Å². The minimum atomic E-state index is -1.49. The fourth-order valence-corrected chi connectivity index (χ4v) is 2.67. The summed E-state index contributed by atoms with van der Waals surface area (Å²) in [6.45, 7) is 0. The molecule has 0 radical (unpaired) electrons. The molecule has 0 spiro atoms. The minimum Gasteiger partial charge on any atom is -0.593 e. The number of rotatable bonds is 3. The Labute approximate surface area is 87.3 Å². The number of carbonyl (C=O) groups excluding carboxylic acids is 1. The fourth-order valence-electron chi connectivity index (χ4n) is 0.754. The second-order valence-electron chi connectivity index (χ2n) is 2.20. The van der Waals surface area contributed by atoms with E-state index in [0.717, 1.165) is 4.88 Å². The Hall–Kier alpha value is -0.230. The van der Waals surface area contributed by atoms with E-state index in [1.165, 1.54) is 18.4 Å². The summed E-state index contributed by atoms with van der Waals surface area (Å²) in [6, 6.07) is 3.36. The average Bonchev–Trinajstić information content (AvgIpc) is 2.52. The second-order valence-corrected chi connectivity index (χ2v) is 5.35. The van der Waals surface area contributed by atoms with Gasteiger partial charge in [-0.15, -0.1) is 0 Å². The van der Waals surface area contributed by atoms with Crippen molar-refractivity contribution in [1.29, 1.82) is 0 Å². The molecule has 1 atom stereocenters. The van der Waals surface area contributed by atoms with Crippen LogP contribution in [0.25, 0.3) is 0 Å². The molecule has 0 aliphatic heterocycles. The fraction of sp³-hybridized carbons (Fsp3) is 0.286. The Morgan fingerprint density at radius 1 is 1.77 bits per heavy atom. The molecule has 0 aromatic carbocycles. The van der Waals surface area contributed by atoms with Crippen molar-refractivity contribution in [2.24, 2.45) is 0 Å². The summed E-state index contributed by atoms with van der Waals surface area (Å²) < 4.78 is 15.8. The van der Waals surface area contributed by atoms with Crippen molar-refractivity contribution in [2.75, 3.05) is 7.11 Å². The van der Waals surface area contributed by atoms with Gasteiger partial charge in [0.05, 0.1) is 13.5 Å². The predicted molar refractivity (Wildman–Crippen MR) is 52.3 cm³/mol. The highest BCUT2D eigenvalue weighted by Gasteiger charge is 2.13. The van der Waals surface area contributed by atoms with Crippen molar-refractivity contribution < 1.29 is 14.1 Å². The number of ether oxygens (including phenoxy) is 1. The SMILES string of the molecule is COC(=O)Cc1ccc([S+]([O-])Cl)s1. The number of esters is 1. The maximum absolute atomic E-state index is 10.8. The molecule has 1 aromatic heterocycles. The molecule has 0 bridgehead atoms. The van der Waals surface area contributed by atoms with Crippen LogP contribution >= 0.6 is 22.0 Å². The Kier molecular flexibility index (Phi) is 4.05. The van der Waals surface area contributed by atoms with E-state index in [4.69, 9.17) is 10.7 Å². The first-order chi connectivity index (χ1) is 6.13. The summed E-state index contributed by atoms with van der Waals surface area (Å²) in [4.78, 5) is 11.6. The summed E-state index contributed by atoms with van der Waals surface area (Å²) in [7, 11) is 5.20. The molecule has 1 aromatic rings. The summed E-state index contributed by atoms with van der Waals surface area (Å²) >= 11 is 1.25. The summed E-state index contributed by atoms with van der Waals surface area (Å²) in [5, 5.41) is 0. The van der Waals surface area contributed by atoms with Gasteiger partial charge in [0.15, 0.2) is 10.7 Å². The molecule has 1 heterocycles. The first kappa shape index (κ1) is 10.8. The van der Waals surface area contributed by atoms with Crippen LogP contribution in [0.4, 0.5) is 0 Å². The Morgan fingerprint density at radius 3 is 2.92 bits per heavy atom. The molecular weight excluding hydrogens is 232 g/mol. The topological polar surface area (TPSA) is 49.4 Å². The Morgan fingerprint density at radius 2 is 2.46 bits per heavy atom. The van der Waals surface area contributed by atoms with Gasteiger partial charge < -0.3 is 9.29 Å². The molecule has 1 unspecified atom stereocenters. The van der Waals surface area contributed by atoms with Gasteiger partial charge in [-0.2, -0.15) is 0 Å². The zero-order valence-corrected chi connectivity index (χ0v) is 9.17. The lowest BCUT2D eigenvalue weighted by Gasteiger charge is -1.94. The standard InChI is InChI=1S/C7H7ClO3S2/c1-11-6(9)4-5-2-3-7(12-5)13(8)10/h2-3H,4H2,1H3. The maximum Gasteiger partial charge on any atom is 0.310 e. The maximum atomic E-state index is 10.8. The Balaban J connectivity index is 2.64. The van der Waals surface area contributed by atoms with Gasteiger partial charge in [-0.25, -0.2) is 0 Å². The third-order valence-corrected chi connectivity index (χ3v) is 4.15. The van der Waals surface area contributed by atoms with E-state index >= 15 is 0 Å². The van der Waals surface area contributed by atoms with E-state index in [0.29, 0.717) is 4.21 Å². The molecule has 0 fully saturated rings. The molecule has 72 valence electrons.